The van der Waals surface area contributed by atoms with Crippen molar-refractivity contribution in [2.24, 2.45) is 10.9 Å². The molecule has 0 amide bonds. The molecule has 0 aromatic heterocycles. The maximum absolute atomic E-state index is 12.4. The monoisotopic (exact) mass is 552 g/mol. The van der Waals surface area contributed by atoms with E-state index in [2.05, 4.69) is 29.4 Å². The molecule has 1 fully saturated rings. The molecule has 9 heteroatoms. The van der Waals surface area contributed by atoms with Gasteiger partial charge in [0.15, 0.2) is 15.8 Å². The summed E-state index contributed by atoms with van der Waals surface area (Å²) in [5.41, 5.74) is 0. The van der Waals surface area contributed by atoms with Gasteiger partial charge in [0.2, 0.25) is 0 Å². The van der Waals surface area contributed by atoms with E-state index in [-0.39, 0.29) is 29.7 Å². The quantitative estimate of drug-likeness (QED) is 0.264. The fourth-order valence-electron chi connectivity index (χ4n) is 3.41. The average Bonchev–Trinajstić information content (AvgIpc) is 2.72. The van der Waals surface area contributed by atoms with E-state index in [1.54, 1.807) is 24.3 Å². The van der Waals surface area contributed by atoms with Gasteiger partial charge in [0.1, 0.15) is 0 Å². The van der Waals surface area contributed by atoms with Crippen LogP contribution in [-0.4, -0.2) is 77.0 Å². The Morgan fingerprint density at radius 2 is 1.83 bits per heavy atom. The normalized spacial score (nSPS) is 16.7. The second-order valence-corrected chi connectivity index (χ2v) is 9.82. The Bertz CT molecular complexity index is 723. The van der Waals surface area contributed by atoms with Crippen molar-refractivity contribution >= 4 is 39.8 Å². The molecule has 1 aliphatic rings. The van der Waals surface area contributed by atoms with Gasteiger partial charge in [0.25, 0.3) is 0 Å². The maximum Gasteiger partial charge on any atom is 0.191 e. The van der Waals surface area contributed by atoms with Crippen LogP contribution < -0.4 is 10.6 Å². The van der Waals surface area contributed by atoms with E-state index < -0.39 is 9.84 Å². The van der Waals surface area contributed by atoms with Gasteiger partial charge < -0.3 is 15.4 Å². The first-order chi connectivity index (χ1) is 13.9. The number of aliphatic imine (C=N–C) groups is 1. The number of rotatable bonds is 10. The lowest BCUT2D eigenvalue weighted by Gasteiger charge is -2.34. The van der Waals surface area contributed by atoms with Gasteiger partial charge in [-0.1, -0.05) is 32.0 Å². The standard InChI is InChI=1S/C21H36N4O3S.HI/c1-4-22-21(23-10-15-29(26,27)20-8-6-5-7-9-20)24-17-19(16-18(2)3)25-11-13-28-14-12-25;/h5-9,18-19H,4,10-17H2,1-3H3,(H2,22,23,24);1H. The summed E-state index contributed by atoms with van der Waals surface area (Å²) in [5, 5.41) is 6.40. The van der Waals surface area contributed by atoms with Gasteiger partial charge in [-0.3, -0.25) is 9.89 Å². The minimum atomic E-state index is -3.30. The van der Waals surface area contributed by atoms with Crippen molar-refractivity contribution in [3.63, 3.8) is 0 Å². The minimum absolute atomic E-state index is 0. The molecule has 1 atom stereocenters. The predicted molar refractivity (Wildman–Crippen MR) is 134 cm³/mol. The van der Waals surface area contributed by atoms with Gasteiger partial charge in [-0.2, -0.15) is 0 Å². The van der Waals surface area contributed by atoms with Gasteiger partial charge >= 0.3 is 0 Å². The molecule has 1 heterocycles. The van der Waals surface area contributed by atoms with E-state index in [0.29, 0.717) is 35.9 Å². The van der Waals surface area contributed by atoms with Crippen molar-refractivity contribution in [3.05, 3.63) is 30.3 Å². The Hall–Kier alpha value is -0.910. The van der Waals surface area contributed by atoms with Crippen LogP contribution in [0, 0.1) is 5.92 Å². The molecule has 7 nitrogen and oxygen atoms in total. The summed E-state index contributed by atoms with van der Waals surface area (Å²) in [6, 6.07) is 8.93. The second kappa shape index (κ2) is 14.2. The molecule has 2 N–H and O–H groups in total. The Morgan fingerprint density at radius 3 is 2.43 bits per heavy atom. The molecule has 0 radical (unpaired) electrons. The Balaban J connectivity index is 0.00000450. The third kappa shape index (κ3) is 9.49. The molecule has 1 unspecified atom stereocenters. The number of morpholine rings is 1. The van der Waals surface area contributed by atoms with Crippen LogP contribution in [0.5, 0.6) is 0 Å². The van der Waals surface area contributed by atoms with Gasteiger partial charge in [0, 0.05) is 32.2 Å². The lowest BCUT2D eigenvalue weighted by atomic mass is 10.0. The van der Waals surface area contributed by atoms with E-state index in [1.165, 1.54) is 0 Å². The molecule has 1 aliphatic heterocycles. The molecule has 2 rings (SSSR count). The summed E-state index contributed by atoms with van der Waals surface area (Å²) in [7, 11) is -3.30. The number of hydrogen-bond acceptors (Lipinski definition) is 5. The van der Waals surface area contributed by atoms with Crippen molar-refractivity contribution in [2.45, 2.75) is 38.1 Å². The summed E-state index contributed by atoms with van der Waals surface area (Å²) in [6.07, 6.45) is 1.07. The first-order valence-corrected chi connectivity index (χ1v) is 12.2. The van der Waals surface area contributed by atoms with E-state index in [4.69, 9.17) is 9.73 Å². The fourth-order valence-corrected chi connectivity index (χ4v) is 4.59. The van der Waals surface area contributed by atoms with Gasteiger partial charge in [-0.15, -0.1) is 24.0 Å². The number of nitrogens with zero attached hydrogens (tertiary/aromatic N) is 2. The van der Waals surface area contributed by atoms with Crippen molar-refractivity contribution in [3.8, 4) is 0 Å². The number of hydrogen-bond donors (Lipinski definition) is 2. The van der Waals surface area contributed by atoms with Crippen LogP contribution in [0.1, 0.15) is 27.2 Å². The molecule has 1 saturated heterocycles. The van der Waals surface area contributed by atoms with Gasteiger partial charge in [-0.05, 0) is 31.4 Å². The summed E-state index contributed by atoms with van der Waals surface area (Å²) in [5.74, 6) is 1.28. The number of halogens is 1. The number of nitrogens with one attached hydrogen (secondary N) is 2. The third-order valence-electron chi connectivity index (χ3n) is 4.88. The largest absolute Gasteiger partial charge is 0.379 e. The summed E-state index contributed by atoms with van der Waals surface area (Å²) < 4.78 is 30.4. The van der Waals surface area contributed by atoms with Crippen molar-refractivity contribution in [1.82, 2.24) is 15.5 Å². The van der Waals surface area contributed by atoms with Crippen LogP contribution in [0.4, 0.5) is 0 Å². The topological polar surface area (TPSA) is 83.0 Å². The highest BCUT2D eigenvalue weighted by molar-refractivity contribution is 14.0. The molecule has 172 valence electrons. The molecule has 0 spiro atoms. The summed E-state index contributed by atoms with van der Waals surface area (Å²) >= 11 is 0. The van der Waals surface area contributed by atoms with E-state index in [0.717, 1.165) is 39.3 Å². The number of benzene rings is 1. The number of ether oxygens (including phenoxy) is 1. The van der Waals surface area contributed by atoms with Crippen LogP contribution in [0.25, 0.3) is 0 Å². The number of sulfone groups is 1. The molecule has 30 heavy (non-hydrogen) atoms. The average molecular weight is 553 g/mol. The maximum atomic E-state index is 12.4. The fraction of sp³-hybridized carbons (Fsp3) is 0.667. The zero-order valence-corrected chi connectivity index (χ0v) is 21.5. The molecule has 0 bridgehead atoms. The zero-order valence-electron chi connectivity index (χ0n) is 18.3. The van der Waals surface area contributed by atoms with Crippen molar-refractivity contribution in [2.75, 3.05) is 51.7 Å². The van der Waals surface area contributed by atoms with Crippen molar-refractivity contribution < 1.29 is 13.2 Å². The summed E-state index contributed by atoms with van der Waals surface area (Å²) in [4.78, 5) is 7.56. The molecule has 1 aromatic rings. The molecular formula is C21H37IN4O3S. The Kier molecular flexibility index (Phi) is 12.8. The zero-order chi connectivity index (χ0) is 21.1. The Morgan fingerprint density at radius 1 is 1.17 bits per heavy atom. The second-order valence-electron chi connectivity index (χ2n) is 7.71. The lowest BCUT2D eigenvalue weighted by molar-refractivity contribution is 0.0143. The third-order valence-corrected chi connectivity index (χ3v) is 6.61. The molecular weight excluding hydrogens is 515 g/mol. The van der Waals surface area contributed by atoms with Crippen molar-refractivity contribution in [1.29, 1.82) is 0 Å². The minimum Gasteiger partial charge on any atom is -0.379 e. The van der Waals surface area contributed by atoms with Crippen LogP contribution in [0.2, 0.25) is 0 Å². The highest BCUT2D eigenvalue weighted by Gasteiger charge is 2.22. The first kappa shape index (κ1) is 27.1. The smallest absolute Gasteiger partial charge is 0.191 e. The Labute approximate surface area is 199 Å². The van der Waals surface area contributed by atoms with E-state index in [1.807, 2.05) is 13.0 Å². The summed E-state index contributed by atoms with van der Waals surface area (Å²) in [6.45, 7) is 11.6. The first-order valence-electron chi connectivity index (χ1n) is 10.5. The van der Waals surface area contributed by atoms with Crippen LogP contribution in [-0.2, 0) is 14.6 Å². The predicted octanol–water partition coefficient (Wildman–Crippen LogP) is 2.38. The highest BCUT2D eigenvalue weighted by Crippen LogP contribution is 2.14. The van der Waals surface area contributed by atoms with E-state index in [9.17, 15) is 8.42 Å². The van der Waals surface area contributed by atoms with Gasteiger partial charge in [-0.25, -0.2) is 8.42 Å². The van der Waals surface area contributed by atoms with Crippen LogP contribution in [0.15, 0.2) is 40.2 Å². The number of guanidine groups is 1. The lowest BCUT2D eigenvalue weighted by Crippen LogP contribution is -2.46. The molecule has 0 aliphatic carbocycles. The van der Waals surface area contributed by atoms with E-state index >= 15 is 0 Å². The highest BCUT2D eigenvalue weighted by atomic mass is 127. The molecule has 0 saturated carbocycles. The molecule has 1 aromatic carbocycles. The van der Waals surface area contributed by atoms with Crippen LogP contribution >= 0.6 is 24.0 Å². The van der Waals surface area contributed by atoms with Gasteiger partial charge in [0.05, 0.1) is 30.4 Å². The van der Waals surface area contributed by atoms with Crippen LogP contribution in [0.3, 0.4) is 0 Å². The SMILES string of the molecule is CCNC(=NCC(CC(C)C)N1CCOCC1)NCCS(=O)(=O)c1ccccc1.I.